The van der Waals surface area contributed by atoms with E-state index >= 15 is 0 Å². The number of anilines is 3. The van der Waals surface area contributed by atoms with Gasteiger partial charge in [-0.05, 0) is 57.2 Å². The number of ether oxygens (including phenoxy) is 4. The predicted molar refractivity (Wildman–Crippen MR) is 298 cm³/mol. The first-order valence-corrected chi connectivity index (χ1v) is 26.1. The third kappa shape index (κ3) is 23.4. The molecule has 0 saturated heterocycles. The highest BCUT2D eigenvalue weighted by Crippen LogP contribution is 2.36. The van der Waals surface area contributed by atoms with Crippen LogP contribution in [0.3, 0.4) is 0 Å². The molecule has 3 heterocycles. The highest BCUT2D eigenvalue weighted by molar-refractivity contribution is 6.45. The minimum absolute atomic E-state index is 0.179. The maximum absolute atomic E-state index is 10.8. The highest BCUT2D eigenvalue weighted by atomic mass is 35.5. The molecule has 26 heteroatoms. The molecule has 0 amide bonds. The van der Waals surface area contributed by atoms with Gasteiger partial charge in [0.1, 0.15) is 22.9 Å². The van der Waals surface area contributed by atoms with Crippen molar-refractivity contribution in [2.24, 2.45) is 5.73 Å². The zero-order chi connectivity index (χ0) is 56.0. The summed E-state index contributed by atoms with van der Waals surface area (Å²) in [5.41, 5.74) is 26.4. The molecule has 0 radical (unpaired) electrons. The second-order valence-corrected chi connectivity index (χ2v) is 18.4. The van der Waals surface area contributed by atoms with Gasteiger partial charge in [0.15, 0.2) is 34.9 Å². The molecule has 0 saturated carbocycles. The molecule has 20 nitrogen and oxygen atoms in total. The van der Waals surface area contributed by atoms with Gasteiger partial charge in [-0.1, -0.05) is 113 Å². The van der Waals surface area contributed by atoms with E-state index in [1.54, 1.807) is 61.5 Å². The van der Waals surface area contributed by atoms with Crippen LogP contribution in [0.15, 0.2) is 54.6 Å². The number of ketones is 1. The molecule has 0 bridgehead atoms. The Morgan fingerprint density at radius 1 is 0.474 bits per heavy atom. The van der Waals surface area contributed by atoms with Crippen LogP contribution >= 0.6 is 69.6 Å². The normalized spacial score (nSPS) is 10.6. The number of nitrogen functional groups attached to an aromatic ring is 3. The van der Waals surface area contributed by atoms with E-state index in [0.717, 1.165) is 38.7 Å². The van der Waals surface area contributed by atoms with Crippen molar-refractivity contribution in [3.63, 3.8) is 0 Å². The molecule has 0 spiro atoms. The molecule has 410 valence electrons. The molecule has 3 aromatic carbocycles. The topological polar surface area (TPSA) is 308 Å². The Kier molecular flexibility index (Phi) is 30.5. The number of hydrogen-bond acceptors (Lipinski definition) is 20. The number of aryl methyl sites for hydroxylation is 3. The Hall–Kier alpha value is -5.52. The highest BCUT2D eigenvalue weighted by Gasteiger charge is 2.17. The molecular formula is C50H61Cl6N13O7. The number of Topliss-reactive ketones (excluding diaryl/α,β-unsaturated/α-hetero) is 1. The van der Waals surface area contributed by atoms with Crippen LogP contribution in [0.2, 0.25) is 30.1 Å². The number of hydrogen-bond donors (Lipinski definition) is 4. The van der Waals surface area contributed by atoms with E-state index in [0.29, 0.717) is 152 Å². The van der Waals surface area contributed by atoms with Crippen molar-refractivity contribution in [1.29, 1.82) is 0 Å². The van der Waals surface area contributed by atoms with Gasteiger partial charge in [0, 0.05) is 95.8 Å². The molecule has 0 aliphatic heterocycles. The Labute approximate surface area is 471 Å². The predicted octanol–water partition coefficient (Wildman–Crippen LogP) is 9.96. The summed E-state index contributed by atoms with van der Waals surface area (Å²) in [4.78, 5) is 43.3. The van der Waals surface area contributed by atoms with E-state index in [4.69, 9.17) is 107 Å². The van der Waals surface area contributed by atoms with Crippen LogP contribution in [-0.4, -0.2) is 109 Å². The standard InChI is InChI=1S/C17H20Cl2N4O2.C15H18Cl2N4O.C14H17Cl2N5O.C4H6O3/c1-11(24)5-3-9-25-10-4-8-14-21-17(20)16(23-22-14)12-6-2-7-13(18)15(12)19;1-2-8-22-9-4-7-12-19-15(18)14(21-20-12)10-5-3-6-11(16)13(10)17;15-10-4-1-3-9(12(10)16)13-14(18)19-11(20-21-13)5-2-7-22-8-6-17;1-3(5)7-4(2)6/h2,6-7H,3-5,8-10H2,1H3,(H2,20,21,22);3,5-6H,2,4,7-9H2,1H3,(H2,18,19,20);1,3-4H,2,5-8,17H2,(H2,18,19,20);1-2H3. The van der Waals surface area contributed by atoms with Crippen LogP contribution in [-0.2, 0) is 52.6 Å². The molecule has 0 aliphatic rings. The summed E-state index contributed by atoms with van der Waals surface area (Å²) < 4.78 is 20.1. The van der Waals surface area contributed by atoms with Crippen LogP contribution < -0.4 is 22.9 Å². The first-order valence-electron chi connectivity index (χ1n) is 23.8. The number of carbonyl (C=O) groups excluding carboxylic acids is 3. The van der Waals surface area contributed by atoms with Crippen molar-refractivity contribution >= 4 is 105 Å². The lowest BCUT2D eigenvalue weighted by molar-refractivity contribution is -0.156. The zero-order valence-corrected chi connectivity index (χ0v) is 47.0. The van der Waals surface area contributed by atoms with Gasteiger partial charge in [0.25, 0.3) is 0 Å². The summed E-state index contributed by atoms with van der Waals surface area (Å²) in [6, 6.07) is 15.7. The smallest absolute Gasteiger partial charge is 0.310 e. The van der Waals surface area contributed by atoms with E-state index in [9.17, 15) is 14.4 Å². The second kappa shape index (κ2) is 35.7. The number of nitrogens with zero attached hydrogens (tertiary/aromatic N) is 9. The second-order valence-electron chi connectivity index (χ2n) is 16.0. The molecule has 76 heavy (non-hydrogen) atoms. The van der Waals surface area contributed by atoms with E-state index in [1.807, 2.05) is 0 Å². The molecule has 3 aromatic heterocycles. The third-order valence-corrected chi connectivity index (χ3v) is 12.1. The minimum atomic E-state index is -0.562. The SMILES string of the molecule is CC(=O)CCCOCCCc1nnc(-c2cccc(Cl)c2Cl)c(N)n1.CC(=O)OC(C)=O.CCCOCCCc1nnc(-c2cccc(Cl)c2Cl)c(N)n1.NCCOCCCc1nnc(-c2cccc(Cl)c2Cl)c(N)n1. The summed E-state index contributed by atoms with van der Waals surface area (Å²) >= 11 is 36.5. The summed E-state index contributed by atoms with van der Waals surface area (Å²) in [7, 11) is 0. The summed E-state index contributed by atoms with van der Waals surface area (Å²) in [6.07, 6.45) is 6.57. The van der Waals surface area contributed by atoms with Gasteiger partial charge in [0.2, 0.25) is 0 Å². The molecule has 0 unspecified atom stereocenters. The van der Waals surface area contributed by atoms with Crippen molar-refractivity contribution in [3.8, 4) is 33.8 Å². The lowest BCUT2D eigenvalue weighted by Crippen LogP contribution is -2.10. The van der Waals surface area contributed by atoms with E-state index in [1.165, 1.54) is 13.8 Å². The van der Waals surface area contributed by atoms with Crippen LogP contribution in [0.5, 0.6) is 0 Å². The number of carbonyl (C=O) groups is 3. The maximum atomic E-state index is 10.8. The molecule has 0 aliphatic carbocycles. The Balaban J connectivity index is 0.000000282. The van der Waals surface area contributed by atoms with Crippen molar-refractivity contribution in [2.45, 2.75) is 85.5 Å². The quantitative estimate of drug-likeness (QED) is 0.0263. The lowest BCUT2D eigenvalue weighted by atomic mass is 10.1. The number of halogens is 6. The maximum Gasteiger partial charge on any atom is 0.310 e. The minimum Gasteiger partial charge on any atom is -0.394 e. The van der Waals surface area contributed by atoms with E-state index in [2.05, 4.69) is 57.2 Å². The fourth-order valence-electron chi connectivity index (χ4n) is 6.23. The lowest BCUT2D eigenvalue weighted by Gasteiger charge is -2.08. The van der Waals surface area contributed by atoms with Crippen LogP contribution in [0.1, 0.15) is 83.7 Å². The van der Waals surface area contributed by atoms with Crippen LogP contribution in [0, 0.1) is 0 Å². The molecule has 6 rings (SSSR count). The fraction of sp³-hybridized carbons (Fsp3) is 0.400. The van der Waals surface area contributed by atoms with Gasteiger partial charge in [-0.2, -0.15) is 0 Å². The monoisotopic (exact) mass is 1170 g/mol. The Bertz CT molecular complexity index is 2680. The van der Waals surface area contributed by atoms with Crippen molar-refractivity contribution < 1.29 is 33.3 Å². The van der Waals surface area contributed by atoms with E-state index < -0.39 is 11.9 Å². The average molecular weight is 1170 g/mol. The molecule has 8 N–H and O–H groups in total. The van der Waals surface area contributed by atoms with Gasteiger partial charge in [-0.25, -0.2) is 15.0 Å². The largest absolute Gasteiger partial charge is 0.394 e. The third-order valence-electron chi connectivity index (χ3n) is 9.68. The number of benzene rings is 3. The number of nitrogens with two attached hydrogens (primary N) is 4. The number of rotatable bonds is 23. The fourth-order valence-corrected chi connectivity index (χ4v) is 7.40. The molecule has 0 fully saturated rings. The Morgan fingerprint density at radius 3 is 1.09 bits per heavy atom. The summed E-state index contributed by atoms with van der Waals surface area (Å²) in [5, 5.41) is 27.1. The first-order chi connectivity index (χ1) is 36.4. The zero-order valence-electron chi connectivity index (χ0n) is 42.5. The molecule has 0 atom stereocenters. The van der Waals surface area contributed by atoms with Gasteiger partial charge in [-0.3, -0.25) is 9.59 Å². The van der Waals surface area contributed by atoms with E-state index in [-0.39, 0.29) is 17.4 Å². The summed E-state index contributed by atoms with van der Waals surface area (Å²) in [5.74, 6) is 1.60. The first kappa shape index (κ1) is 64.8. The Morgan fingerprint density at radius 2 is 0.803 bits per heavy atom. The number of aromatic nitrogens is 9. The van der Waals surface area contributed by atoms with Crippen LogP contribution in [0.25, 0.3) is 33.8 Å². The van der Waals surface area contributed by atoms with Gasteiger partial charge < -0.3 is 46.7 Å². The molecular weight excluding hydrogens is 1110 g/mol. The summed E-state index contributed by atoms with van der Waals surface area (Å²) in [6.45, 7) is 10.3. The molecule has 6 aromatic rings. The van der Waals surface area contributed by atoms with Crippen molar-refractivity contribution in [2.75, 3.05) is 63.4 Å². The van der Waals surface area contributed by atoms with Gasteiger partial charge in [0.05, 0.1) is 36.7 Å². The van der Waals surface area contributed by atoms with Gasteiger partial charge in [-0.15, -0.1) is 30.6 Å². The van der Waals surface area contributed by atoms with Crippen molar-refractivity contribution in [3.05, 3.63) is 102 Å². The van der Waals surface area contributed by atoms with Crippen LogP contribution in [0.4, 0.5) is 17.5 Å². The number of esters is 2. The van der Waals surface area contributed by atoms with Crippen molar-refractivity contribution in [1.82, 2.24) is 45.5 Å². The average Bonchev–Trinajstić information content (AvgIpc) is 3.37. The van der Waals surface area contributed by atoms with Gasteiger partial charge >= 0.3 is 11.9 Å².